The maximum atomic E-state index is 10.7. The number of aliphatic imine (C=N–C) groups is 1. The van der Waals surface area contributed by atoms with Crippen LogP contribution in [0.2, 0.25) is 0 Å². The second-order valence-corrected chi connectivity index (χ2v) is 1.85. The second-order valence-electron chi connectivity index (χ2n) is 1.85. The van der Waals surface area contributed by atoms with Gasteiger partial charge < -0.3 is 5.73 Å². The van der Waals surface area contributed by atoms with E-state index in [0.29, 0.717) is 0 Å². The van der Waals surface area contributed by atoms with Crippen LogP contribution in [0.4, 0.5) is 0 Å². The van der Waals surface area contributed by atoms with Crippen molar-refractivity contribution in [3.63, 3.8) is 0 Å². The van der Waals surface area contributed by atoms with Crippen LogP contribution in [0.3, 0.4) is 0 Å². The Labute approximate surface area is 57.7 Å². The molecule has 0 aliphatic carbocycles. The van der Waals surface area contributed by atoms with Crippen molar-refractivity contribution in [2.45, 2.75) is 0 Å². The number of allylic oxidation sites excluding steroid dienone is 1. The average Bonchev–Trinajstić information content (AvgIpc) is 1.88. The van der Waals surface area contributed by atoms with Gasteiger partial charge in [-0.05, 0) is 6.08 Å². The molecule has 2 N–H and O–H groups in total. The van der Waals surface area contributed by atoms with Gasteiger partial charge in [0.25, 0.3) is 5.91 Å². The van der Waals surface area contributed by atoms with Crippen molar-refractivity contribution in [2.24, 2.45) is 16.6 Å². The first-order valence-corrected chi connectivity index (χ1v) is 2.69. The molecule has 4 nitrogen and oxygen atoms in total. The van der Waals surface area contributed by atoms with Crippen molar-refractivity contribution in [1.29, 1.82) is 5.26 Å². The summed E-state index contributed by atoms with van der Waals surface area (Å²) in [5.41, 5.74) is 5.57. The summed E-state index contributed by atoms with van der Waals surface area (Å²) >= 11 is 0. The van der Waals surface area contributed by atoms with E-state index in [2.05, 4.69) is 4.99 Å². The lowest BCUT2D eigenvalue weighted by molar-refractivity contribution is -0.119. The number of carbonyl (C=O) groups is 1. The van der Waals surface area contributed by atoms with Gasteiger partial charge in [-0.15, -0.1) is 0 Å². The summed E-state index contributed by atoms with van der Waals surface area (Å²) in [5.74, 6) is -1.35. The molecule has 0 bridgehead atoms. The minimum absolute atomic E-state index is 0.266. The van der Waals surface area contributed by atoms with E-state index in [1.807, 2.05) is 0 Å². The number of carbonyl (C=O) groups excluding carboxylic acids is 1. The Kier molecular flexibility index (Phi) is 1.50. The van der Waals surface area contributed by atoms with E-state index >= 15 is 0 Å². The van der Waals surface area contributed by atoms with Crippen LogP contribution in [0.15, 0.2) is 16.8 Å². The van der Waals surface area contributed by atoms with E-state index in [4.69, 9.17) is 11.0 Å². The van der Waals surface area contributed by atoms with Crippen LogP contribution in [-0.2, 0) is 4.79 Å². The summed E-state index contributed by atoms with van der Waals surface area (Å²) in [5, 5.41) is 8.37. The molecular formula is C6H5N3O. The van der Waals surface area contributed by atoms with Crippen molar-refractivity contribution in [1.82, 2.24) is 0 Å². The van der Waals surface area contributed by atoms with Gasteiger partial charge in [-0.3, -0.25) is 4.79 Å². The summed E-state index contributed by atoms with van der Waals surface area (Å²) < 4.78 is 0. The lowest BCUT2D eigenvalue weighted by Gasteiger charge is -2.06. The van der Waals surface area contributed by atoms with Gasteiger partial charge in [-0.1, -0.05) is 0 Å². The molecule has 1 amide bonds. The fraction of sp³-hybridized carbons (Fsp3) is 0.167. The molecule has 0 aromatic rings. The predicted molar refractivity (Wildman–Crippen MR) is 34.9 cm³/mol. The zero-order chi connectivity index (χ0) is 7.56. The van der Waals surface area contributed by atoms with Gasteiger partial charge in [0.1, 0.15) is 0 Å². The van der Waals surface area contributed by atoms with E-state index in [1.54, 1.807) is 6.07 Å². The molecule has 1 rings (SSSR count). The lowest BCUT2D eigenvalue weighted by atomic mass is 10.1. The minimum atomic E-state index is -0.870. The van der Waals surface area contributed by atoms with E-state index < -0.39 is 11.8 Å². The first-order valence-electron chi connectivity index (χ1n) is 2.69. The first kappa shape index (κ1) is 6.49. The number of amides is 1. The molecule has 0 spiro atoms. The normalized spacial score (nSPS) is 23.7. The van der Waals surface area contributed by atoms with Crippen molar-refractivity contribution in [3.8, 4) is 6.07 Å². The smallest absolute Gasteiger partial charge is 0.269 e. The second kappa shape index (κ2) is 2.31. The molecule has 4 heteroatoms. The minimum Gasteiger partial charge on any atom is -0.400 e. The van der Waals surface area contributed by atoms with E-state index in [1.165, 1.54) is 12.3 Å². The molecule has 0 aromatic carbocycles. The number of hydrogen-bond acceptors (Lipinski definition) is 3. The average molecular weight is 135 g/mol. The van der Waals surface area contributed by atoms with Crippen molar-refractivity contribution in [3.05, 3.63) is 11.8 Å². The molecule has 50 valence electrons. The largest absolute Gasteiger partial charge is 0.400 e. The van der Waals surface area contributed by atoms with Gasteiger partial charge >= 0.3 is 0 Å². The SMILES string of the molecule is N#CC1C(=O)N=CC=C1N. The summed E-state index contributed by atoms with van der Waals surface area (Å²) in [6, 6.07) is 1.75. The summed E-state index contributed by atoms with van der Waals surface area (Å²) in [4.78, 5) is 14.1. The molecule has 10 heavy (non-hydrogen) atoms. The van der Waals surface area contributed by atoms with Crippen LogP contribution in [0, 0.1) is 17.2 Å². The number of nitrogens with zero attached hydrogens (tertiary/aromatic N) is 2. The molecule has 0 saturated heterocycles. The van der Waals surface area contributed by atoms with Crippen LogP contribution in [0.5, 0.6) is 0 Å². The fourth-order valence-corrected chi connectivity index (χ4v) is 0.640. The predicted octanol–water partition coefficient (Wildman–Crippen LogP) is -0.420. The highest BCUT2D eigenvalue weighted by Gasteiger charge is 2.21. The van der Waals surface area contributed by atoms with Crippen molar-refractivity contribution in [2.75, 3.05) is 0 Å². The number of nitrogens with two attached hydrogens (primary N) is 1. The van der Waals surface area contributed by atoms with Crippen LogP contribution in [-0.4, -0.2) is 12.1 Å². The molecule has 0 aromatic heterocycles. The molecule has 1 aliphatic rings. The third kappa shape index (κ3) is 0.890. The Hall–Kier alpha value is -1.63. The van der Waals surface area contributed by atoms with E-state index in [0.717, 1.165) is 0 Å². The molecular weight excluding hydrogens is 130 g/mol. The van der Waals surface area contributed by atoms with Gasteiger partial charge in [0.05, 0.1) is 6.07 Å². The fourth-order valence-electron chi connectivity index (χ4n) is 0.640. The lowest BCUT2D eigenvalue weighted by Crippen LogP contribution is -2.21. The summed E-state index contributed by atoms with van der Waals surface area (Å²) in [7, 11) is 0. The Balaban J connectivity index is 2.95. The molecule has 1 atom stereocenters. The molecule has 1 unspecified atom stereocenters. The van der Waals surface area contributed by atoms with Gasteiger partial charge in [0.15, 0.2) is 5.92 Å². The zero-order valence-electron chi connectivity index (χ0n) is 5.11. The molecule has 1 heterocycles. The zero-order valence-corrected chi connectivity index (χ0v) is 5.11. The highest BCUT2D eigenvalue weighted by Crippen LogP contribution is 2.08. The Morgan fingerprint density at radius 1 is 1.80 bits per heavy atom. The quantitative estimate of drug-likeness (QED) is 0.489. The van der Waals surface area contributed by atoms with Crippen LogP contribution < -0.4 is 5.73 Å². The summed E-state index contributed by atoms with van der Waals surface area (Å²) in [6.07, 6.45) is 2.75. The third-order valence-electron chi connectivity index (χ3n) is 1.18. The molecule has 0 fully saturated rings. The molecule has 0 saturated carbocycles. The standard InChI is InChI=1S/C6H5N3O/c7-3-4-5(8)1-2-9-6(4)10/h1-2,4H,8H2. The van der Waals surface area contributed by atoms with Crippen molar-refractivity contribution >= 4 is 12.1 Å². The Morgan fingerprint density at radius 3 is 2.90 bits per heavy atom. The topological polar surface area (TPSA) is 79.2 Å². The van der Waals surface area contributed by atoms with Crippen LogP contribution >= 0.6 is 0 Å². The van der Waals surface area contributed by atoms with Gasteiger partial charge in [-0.25, -0.2) is 4.99 Å². The van der Waals surface area contributed by atoms with E-state index in [9.17, 15) is 4.79 Å². The molecule has 0 radical (unpaired) electrons. The van der Waals surface area contributed by atoms with Gasteiger partial charge in [0, 0.05) is 11.9 Å². The number of rotatable bonds is 0. The number of hydrogen-bond donors (Lipinski definition) is 1. The molecule has 1 aliphatic heterocycles. The van der Waals surface area contributed by atoms with Gasteiger partial charge in [-0.2, -0.15) is 5.26 Å². The number of dihydropyridines is 1. The van der Waals surface area contributed by atoms with Crippen molar-refractivity contribution < 1.29 is 4.79 Å². The highest BCUT2D eigenvalue weighted by atomic mass is 16.1. The maximum absolute atomic E-state index is 10.7. The van der Waals surface area contributed by atoms with Crippen LogP contribution in [0.25, 0.3) is 0 Å². The number of nitriles is 1. The van der Waals surface area contributed by atoms with Crippen LogP contribution in [0.1, 0.15) is 0 Å². The Morgan fingerprint density at radius 2 is 2.50 bits per heavy atom. The maximum Gasteiger partial charge on any atom is 0.269 e. The van der Waals surface area contributed by atoms with Gasteiger partial charge in [0.2, 0.25) is 0 Å². The highest BCUT2D eigenvalue weighted by molar-refractivity contribution is 5.96. The summed E-state index contributed by atoms with van der Waals surface area (Å²) in [6.45, 7) is 0. The van der Waals surface area contributed by atoms with E-state index in [-0.39, 0.29) is 5.70 Å². The Bertz CT molecular complexity index is 259. The third-order valence-corrected chi connectivity index (χ3v) is 1.18. The monoisotopic (exact) mass is 135 g/mol. The first-order chi connectivity index (χ1) is 4.75.